The molecule has 4 saturated carbocycles. The van der Waals surface area contributed by atoms with E-state index in [0.717, 1.165) is 44.1 Å². The second-order valence-electron chi connectivity index (χ2n) is 11.5. The molecule has 0 saturated heterocycles. The van der Waals surface area contributed by atoms with Gasteiger partial charge in [-0.05, 0) is 98.5 Å². The first kappa shape index (κ1) is 21.6. The van der Waals surface area contributed by atoms with E-state index in [9.17, 15) is 13.2 Å². The summed E-state index contributed by atoms with van der Waals surface area (Å²) in [6, 6.07) is 6.93. The van der Waals surface area contributed by atoms with Gasteiger partial charge in [-0.2, -0.15) is 8.42 Å². The number of fused-ring (bicyclic) bond motifs is 5. The zero-order valence-electron chi connectivity index (χ0n) is 19.1. The first-order valence-corrected chi connectivity index (χ1v) is 13.5. The van der Waals surface area contributed by atoms with Crippen molar-refractivity contribution in [3.05, 3.63) is 29.8 Å². The van der Waals surface area contributed by atoms with Crippen LogP contribution in [0.2, 0.25) is 0 Å². The molecule has 7 atom stereocenters. The lowest BCUT2D eigenvalue weighted by Crippen LogP contribution is -2.53. The molecule has 4 aliphatic rings. The average Bonchev–Trinajstić information content (AvgIpc) is 3.02. The fourth-order valence-electron chi connectivity index (χ4n) is 8.03. The predicted molar refractivity (Wildman–Crippen MR) is 120 cm³/mol. The van der Waals surface area contributed by atoms with Crippen LogP contribution in [-0.4, -0.2) is 20.3 Å². The maximum Gasteiger partial charge on any atom is 0.297 e. The molecule has 0 unspecified atom stereocenters. The molecule has 31 heavy (non-hydrogen) atoms. The van der Waals surface area contributed by atoms with E-state index < -0.39 is 10.1 Å². The van der Waals surface area contributed by atoms with Crippen molar-refractivity contribution in [2.24, 2.45) is 34.5 Å². The summed E-state index contributed by atoms with van der Waals surface area (Å²) in [6.07, 6.45) is 8.77. The maximum atomic E-state index is 12.8. The van der Waals surface area contributed by atoms with Crippen LogP contribution in [0, 0.1) is 41.4 Å². The topological polar surface area (TPSA) is 60.4 Å². The highest BCUT2D eigenvalue weighted by molar-refractivity contribution is 7.86. The first-order valence-electron chi connectivity index (χ1n) is 12.1. The molecular weight excluding hydrogens is 408 g/mol. The molecule has 5 heteroatoms. The molecule has 4 fully saturated rings. The first-order chi connectivity index (χ1) is 14.6. The second-order valence-corrected chi connectivity index (χ2v) is 13.1. The highest BCUT2D eigenvalue weighted by Gasteiger charge is 2.59. The van der Waals surface area contributed by atoms with Crippen molar-refractivity contribution in [1.82, 2.24) is 0 Å². The van der Waals surface area contributed by atoms with Gasteiger partial charge >= 0.3 is 0 Å². The molecule has 0 amide bonds. The van der Waals surface area contributed by atoms with Crippen molar-refractivity contribution in [3.8, 4) is 0 Å². The van der Waals surface area contributed by atoms with Crippen LogP contribution in [0.3, 0.4) is 0 Å². The van der Waals surface area contributed by atoms with Crippen LogP contribution >= 0.6 is 0 Å². The number of ketones is 1. The molecule has 0 radical (unpaired) electrons. The fraction of sp³-hybridized carbons (Fsp3) is 0.731. The fourth-order valence-corrected chi connectivity index (χ4v) is 9.14. The van der Waals surface area contributed by atoms with Gasteiger partial charge in [-0.1, -0.05) is 31.5 Å². The number of rotatable bonds is 3. The Bertz CT molecular complexity index is 968. The van der Waals surface area contributed by atoms with Crippen molar-refractivity contribution in [1.29, 1.82) is 0 Å². The van der Waals surface area contributed by atoms with Gasteiger partial charge in [0.25, 0.3) is 10.1 Å². The summed E-state index contributed by atoms with van der Waals surface area (Å²) in [5.41, 5.74) is 1.52. The number of aryl methyl sites for hydroxylation is 1. The lowest BCUT2D eigenvalue weighted by atomic mass is 9.45. The molecular formula is C26H36O4S. The number of carbonyl (C=O) groups is 1. The van der Waals surface area contributed by atoms with E-state index in [-0.39, 0.29) is 21.8 Å². The highest BCUT2D eigenvalue weighted by atomic mass is 32.2. The molecule has 5 rings (SSSR count). The van der Waals surface area contributed by atoms with Gasteiger partial charge in [-0.25, -0.2) is 0 Å². The van der Waals surface area contributed by atoms with E-state index >= 15 is 0 Å². The largest absolute Gasteiger partial charge is 0.300 e. The third-order valence-corrected chi connectivity index (χ3v) is 11.1. The summed E-state index contributed by atoms with van der Waals surface area (Å²) < 4.78 is 31.4. The molecule has 4 nitrogen and oxygen atoms in total. The number of hydrogen-bond acceptors (Lipinski definition) is 4. The molecule has 0 aromatic heterocycles. The monoisotopic (exact) mass is 444 g/mol. The zero-order chi connectivity index (χ0) is 22.0. The SMILES string of the molecule is Cc1ccc(S(=O)(=O)O[C@H]2CC[C@@]3(C)[C@@H](CC[C@@H]4[C@H]5CC(=O)C[C@]5(C)CC[C@H]43)C2)cc1. The van der Waals surface area contributed by atoms with Gasteiger partial charge < -0.3 is 0 Å². The van der Waals surface area contributed by atoms with Crippen LogP contribution in [0.25, 0.3) is 0 Å². The van der Waals surface area contributed by atoms with Crippen molar-refractivity contribution >= 4 is 15.9 Å². The average molecular weight is 445 g/mol. The van der Waals surface area contributed by atoms with Crippen molar-refractivity contribution in [2.45, 2.75) is 89.6 Å². The Balaban J connectivity index is 1.30. The van der Waals surface area contributed by atoms with Crippen LogP contribution < -0.4 is 0 Å². The van der Waals surface area contributed by atoms with Crippen LogP contribution in [0.1, 0.15) is 77.2 Å². The van der Waals surface area contributed by atoms with Gasteiger partial charge in [0.05, 0.1) is 11.0 Å². The molecule has 0 N–H and O–H groups in total. The van der Waals surface area contributed by atoms with Crippen LogP contribution in [0.15, 0.2) is 29.2 Å². The van der Waals surface area contributed by atoms with Crippen molar-refractivity contribution in [2.75, 3.05) is 0 Å². The molecule has 1 aromatic rings. The number of Topliss-reactive ketones (excluding diaryl/α,β-unsaturated/α-hetero) is 1. The van der Waals surface area contributed by atoms with Gasteiger partial charge in [0.2, 0.25) is 0 Å². The maximum absolute atomic E-state index is 12.8. The molecule has 4 aliphatic carbocycles. The number of hydrogen-bond donors (Lipinski definition) is 0. The molecule has 0 heterocycles. The standard InChI is InChI=1S/C26H36O4S/c1-17-4-7-21(8-5-17)31(28,29)30-20-10-13-26(3)18(14-20)6-9-22-23(26)11-12-25(2)16-19(27)15-24(22)25/h4-5,7-8,18,20,22-24H,6,9-16H2,1-3H3/t18-,20-,22-,23+,24+,25-,26-/m0/s1. The Morgan fingerprint density at radius 2 is 1.71 bits per heavy atom. The van der Waals surface area contributed by atoms with Gasteiger partial charge in [-0.3, -0.25) is 8.98 Å². The minimum atomic E-state index is -3.72. The molecule has 1 aromatic carbocycles. The van der Waals surface area contributed by atoms with Gasteiger partial charge in [-0.15, -0.1) is 0 Å². The quantitative estimate of drug-likeness (QED) is 0.563. The third kappa shape index (κ3) is 3.60. The predicted octanol–water partition coefficient (Wildman–Crippen LogP) is 5.68. The lowest BCUT2D eigenvalue weighted by Gasteiger charge is -2.60. The van der Waals surface area contributed by atoms with Crippen LogP contribution in [0.4, 0.5) is 0 Å². The minimum Gasteiger partial charge on any atom is -0.300 e. The molecule has 170 valence electrons. The Morgan fingerprint density at radius 3 is 2.45 bits per heavy atom. The van der Waals surface area contributed by atoms with Crippen LogP contribution in [-0.2, 0) is 19.1 Å². The van der Waals surface area contributed by atoms with Gasteiger partial charge in [0.1, 0.15) is 5.78 Å². The van der Waals surface area contributed by atoms with Gasteiger partial charge in [0, 0.05) is 12.8 Å². The third-order valence-electron chi connectivity index (χ3n) is 9.76. The summed E-state index contributed by atoms with van der Waals surface area (Å²) in [5, 5.41) is 0. The molecule has 0 aliphatic heterocycles. The highest BCUT2D eigenvalue weighted by Crippen LogP contribution is 2.65. The minimum absolute atomic E-state index is 0.220. The molecule has 0 spiro atoms. The summed E-state index contributed by atoms with van der Waals surface area (Å²) in [5.74, 6) is 2.89. The summed E-state index contributed by atoms with van der Waals surface area (Å²) in [6.45, 7) is 6.76. The summed E-state index contributed by atoms with van der Waals surface area (Å²) >= 11 is 0. The zero-order valence-corrected chi connectivity index (χ0v) is 19.9. The van der Waals surface area contributed by atoms with Crippen molar-refractivity contribution < 1.29 is 17.4 Å². The van der Waals surface area contributed by atoms with E-state index in [4.69, 9.17) is 4.18 Å². The number of carbonyl (C=O) groups excluding carboxylic acids is 1. The Morgan fingerprint density at radius 1 is 0.968 bits per heavy atom. The normalized spacial score (nSPS) is 42.5. The van der Waals surface area contributed by atoms with E-state index in [1.54, 1.807) is 12.1 Å². The van der Waals surface area contributed by atoms with Gasteiger partial charge in [0.15, 0.2) is 0 Å². The number of benzene rings is 1. The smallest absolute Gasteiger partial charge is 0.297 e. The lowest BCUT2D eigenvalue weighted by molar-refractivity contribution is -0.119. The van der Waals surface area contributed by atoms with E-state index in [1.165, 1.54) is 19.3 Å². The van der Waals surface area contributed by atoms with E-state index in [0.29, 0.717) is 29.5 Å². The van der Waals surface area contributed by atoms with E-state index in [2.05, 4.69) is 13.8 Å². The Kier molecular flexibility index (Phi) is 5.17. The van der Waals surface area contributed by atoms with E-state index in [1.807, 2.05) is 19.1 Å². The summed E-state index contributed by atoms with van der Waals surface area (Å²) in [4.78, 5) is 12.5. The molecule has 0 bridgehead atoms. The van der Waals surface area contributed by atoms with Crippen LogP contribution in [0.5, 0.6) is 0 Å². The summed E-state index contributed by atoms with van der Waals surface area (Å²) in [7, 11) is -3.72. The Labute approximate surface area is 187 Å². The Hall–Kier alpha value is -1.20. The van der Waals surface area contributed by atoms with Crippen molar-refractivity contribution in [3.63, 3.8) is 0 Å². The second kappa shape index (κ2) is 7.41.